The molecule has 0 aliphatic rings. The molecule has 0 radical (unpaired) electrons. The molecular formula is C12H5F6N. The molecule has 1 aromatic carbocycles. The summed E-state index contributed by atoms with van der Waals surface area (Å²) in [6.45, 7) is 0. The molecule has 0 amide bonds. The Kier molecular flexibility index (Phi) is 3.21. The lowest BCUT2D eigenvalue weighted by Gasteiger charge is -2.13. The average Bonchev–Trinajstić information content (AvgIpc) is 2.32. The second-order valence-corrected chi connectivity index (χ2v) is 3.62. The van der Waals surface area contributed by atoms with E-state index in [2.05, 4.69) is 4.98 Å². The molecule has 0 fully saturated rings. The van der Waals surface area contributed by atoms with Crippen LogP contribution in [0.4, 0.5) is 26.3 Å². The van der Waals surface area contributed by atoms with E-state index in [0.717, 1.165) is 18.2 Å². The van der Waals surface area contributed by atoms with E-state index >= 15 is 0 Å². The zero-order chi connectivity index (χ0) is 14.2. The Bertz CT molecular complexity index is 620. The normalized spacial score (nSPS) is 11.7. The highest BCUT2D eigenvalue weighted by Gasteiger charge is 2.37. The largest absolute Gasteiger partial charge is 0.434 e. The molecule has 0 saturated carbocycles. The van der Waals surface area contributed by atoms with Crippen LogP contribution in [0.2, 0.25) is 0 Å². The van der Waals surface area contributed by atoms with E-state index in [4.69, 9.17) is 0 Å². The van der Waals surface area contributed by atoms with E-state index in [-0.39, 0.29) is 0 Å². The number of alkyl halides is 3. The first-order valence-electron chi connectivity index (χ1n) is 4.98. The summed E-state index contributed by atoms with van der Waals surface area (Å²) >= 11 is 0. The zero-order valence-electron chi connectivity index (χ0n) is 9.10. The number of hydrogen-bond donors (Lipinski definition) is 0. The predicted molar refractivity (Wildman–Crippen MR) is 54.5 cm³/mol. The molecule has 0 unspecified atom stereocenters. The molecule has 0 bridgehead atoms. The van der Waals surface area contributed by atoms with Gasteiger partial charge in [-0.1, -0.05) is 12.1 Å². The number of hydrogen-bond acceptors (Lipinski definition) is 1. The van der Waals surface area contributed by atoms with Crippen LogP contribution in [0.1, 0.15) is 5.69 Å². The summed E-state index contributed by atoms with van der Waals surface area (Å²) in [5.41, 5.74) is -3.53. The summed E-state index contributed by atoms with van der Waals surface area (Å²) in [6.07, 6.45) is -4.37. The van der Waals surface area contributed by atoms with E-state index in [1.807, 2.05) is 0 Å². The van der Waals surface area contributed by atoms with Crippen molar-refractivity contribution in [1.29, 1.82) is 0 Å². The zero-order valence-corrected chi connectivity index (χ0v) is 9.10. The summed E-state index contributed by atoms with van der Waals surface area (Å²) < 4.78 is 78.2. The minimum atomic E-state index is -4.98. The lowest BCUT2D eigenvalue weighted by molar-refractivity contribution is -0.140. The number of nitrogens with zero attached hydrogens (tertiary/aromatic N) is 1. The van der Waals surface area contributed by atoms with Gasteiger partial charge in [0.15, 0.2) is 17.3 Å². The van der Waals surface area contributed by atoms with Gasteiger partial charge in [0.25, 0.3) is 0 Å². The maximum Gasteiger partial charge on any atom is 0.434 e. The fourth-order valence-corrected chi connectivity index (χ4v) is 1.61. The first kappa shape index (κ1) is 13.4. The Morgan fingerprint density at radius 1 is 0.895 bits per heavy atom. The van der Waals surface area contributed by atoms with E-state index < -0.39 is 40.4 Å². The number of aromatic nitrogens is 1. The molecule has 1 nitrogen and oxygen atoms in total. The van der Waals surface area contributed by atoms with Crippen LogP contribution in [0.3, 0.4) is 0 Å². The van der Waals surface area contributed by atoms with Crippen molar-refractivity contribution in [3.8, 4) is 11.1 Å². The van der Waals surface area contributed by atoms with Crippen LogP contribution in [0.5, 0.6) is 0 Å². The molecule has 100 valence electrons. The Hall–Kier alpha value is -2.05. The van der Waals surface area contributed by atoms with Crippen molar-refractivity contribution in [1.82, 2.24) is 4.98 Å². The SMILES string of the molecule is Fc1cccc(-c2c(F)ccnc2C(F)(F)F)c1F. The van der Waals surface area contributed by atoms with E-state index in [9.17, 15) is 26.3 Å². The lowest BCUT2D eigenvalue weighted by Crippen LogP contribution is -2.12. The van der Waals surface area contributed by atoms with Crippen LogP contribution in [0.15, 0.2) is 30.5 Å². The second kappa shape index (κ2) is 4.56. The Morgan fingerprint density at radius 3 is 2.21 bits per heavy atom. The van der Waals surface area contributed by atoms with Crippen molar-refractivity contribution >= 4 is 0 Å². The van der Waals surface area contributed by atoms with E-state index in [1.54, 1.807) is 0 Å². The monoisotopic (exact) mass is 277 g/mol. The summed E-state index contributed by atoms with van der Waals surface area (Å²) in [5.74, 6) is -4.25. The number of pyridine rings is 1. The maximum atomic E-state index is 13.5. The molecule has 0 atom stereocenters. The Balaban J connectivity index is 2.79. The van der Waals surface area contributed by atoms with Crippen molar-refractivity contribution < 1.29 is 26.3 Å². The first-order valence-corrected chi connectivity index (χ1v) is 4.98. The molecule has 0 saturated heterocycles. The van der Waals surface area contributed by atoms with Gasteiger partial charge in [-0.2, -0.15) is 13.2 Å². The quantitative estimate of drug-likeness (QED) is 0.712. The Labute approximate surface area is 103 Å². The van der Waals surface area contributed by atoms with Gasteiger partial charge in [-0.15, -0.1) is 0 Å². The van der Waals surface area contributed by atoms with Crippen molar-refractivity contribution in [2.45, 2.75) is 6.18 Å². The highest BCUT2D eigenvalue weighted by molar-refractivity contribution is 5.67. The van der Waals surface area contributed by atoms with Gasteiger partial charge in [-0.25, -0.2) is 13.2 Å². The van der Waals surface area contributed by atoms with Crippen molar-refractivity contribution in [3.63, 3.8) is 0 Å². The van der Waals surface area contributed by atoms with Crippen LogP contribution in [0, 0.1) is 17.5 Å². The third-order valence-corrected chi connectivity index (χ3v) is 2.39. The van der Waals surface area contributed by atoms with Crippen LogP contribution < -0.4 is 0 Å². The van der Waals surface area contributed by atoms with Gasteiger partial charge >= 0.3 is 6.18 Å². The molecule has 1 aromatic heterocycles. The van der Waals surface area contributed by atoms with Crippen LogP contribution in [-0.4, -0.2) is 4.98 Å². The average molecular weight is 277 g/mol. The standard InChI is InChI=1S/C12H5F6N/c13-7-4-5-19-11(12(16,17)18)9(7)6-2-1-3-8(14)10(6)15/h1-5H. The maximum absolute atomic E-state index is 13.5. The van der Waals surface area contributed by atoms with Crippen molar-refractivity contribution in [2.75, 3.05) is 0 Å². The van der Waals surface area contributed by atoms with Gasteiger partial charge in [-0.05, 0) is 12.1 Å². The third-order valence-electron chi connectivity index (χ3n) is 2.39. The minimum Gasteiger partial charge on any atom is -0.251 e. The van der Waals surface area contributed by atoms with E-state index in [1.165, 1.54) is 0 Å². The highest BCUT2D eigenvalue weighted by atomic mass is 19.4. The summed E-state index contributed by atoms with van der Waals surface area (Å²) in [6, 6.07) is 3.21. The highest BCUT2D eigenvalue weighted by Crippen LogP contribution is 2.38. The summed E-state index contributed by atoms with van der Waals surface area (Å²) in [4.78, 5) is 3.00. The molecule has 19 heavy (non-hydrogen) atoms. The Morgan fingerprint density at radius 2 is 1.58 bits per heavy atom. The molecule has 0 spiro atoms. The minimum absolute atomic E-state index is 0.610. The summed E-state index contributed by atoms with van der Waals surface area (Å²) in [5, 5.41) is 0. The fourth-order valence-electron chi connectivity index (χ4n) is 1.61. The second-order valence-electron chi connectivity index (χ2n) is 3.62. The van der Waals surface area contributed by atoms with Crippen LogP contribution in [0.25, 0.3) is 11.1 Å². The van der Waals surface area contributed by atoms with E-state index in [0.29, 0.717) is 12.3 Å². The molecule has 2 aromatic rings. The van der Waals surface area contributed by atoms with Gasteiger partial charge in [-0.3, -0.25) is 4.98 Å². The topological polar surface area (TPSA) is 12.9 Å². The van der Waals surface area contributed by atoms with Crippen molar-refractivity contribution in [3.05, 3.63) is 53.6 Å². The number of rotatable bonds is 1. The molecule has 0 aliphatic heterocycles. The molecule has 2 rings (SSSR count). The van der Waals surface area contributed by atoms with Crippen molar-refractivity contribution in [2.24, 2.45) is 0 Å². The van der Waals surface area contributed by atoms with Gasteiger partial charge in [0.2, 0.25) is 0 Å². The summed E-state index contributed by atoms with van der Waals surface area (Å²) in [7, 11) is 0. The van der Waals surface area contributed by atoms with Gasteiger partial charge < -0.3 is 0 Å². The smallest absolute Gasteiger partial charge is 0.251 e. The van der Waals surface area contributed by atoms with Gasteiger partial charge in [0.1, 0.15) is 5.82 Å². The first-order chi connectivity index (χ1) is 8.82. The molecular weight excluding hydrogens is 272 g/mol. The van der Waals surface area contributed by atoms with Crippen LogP contribution in [-0.2, 0) is 6.18 Å². The molecule has 0 N–H and O–H groups in total. The van der Waals surface area contributed by atoms with Gasteiger partial charge in [0, 0.05) is 11.8 Å². The predicted octanol–water partition coefficient (Wildman–Crippen LogP) is 4.18. The molecule has 7 heteroatoms. The number of halogens is 6. The lowest BCUT2D eigenvalue weighted by atomic mass is 10.0. The van der Waals surface area contributed by atoms with Gasteiger partial charge in [0.05, 0.1) is 5.56 Å². The fraction of sp³-hybridized carbons (Fsp3) is 0.0833. The van der Waals surface area contributed by atoms with Crippen LogP contribution >= 0.6 is 0 Å². The number of benzene rings is 1. The molecule has 0 aliphatic carbocycles. The third kappa shape index (κ3) is 2.40. The molecule has 1 heterocycles.